The average molecular weight is 498 g/mol. The number of rotatable bonds is 9. The highest BCUT2D eigenvalue weighted by Gasteiger charge is 2.05. The quantitative estimate of drug-likeness (QED) is 0.293. The van der Waals surface area contributed by atoms with E-state index in [-0.39, 0.29) is 5.91 Å². The van der Waals surface area contributed by atoms with E-state index in [4.69, 9.17) is 9.47 Å². The van der Waals surface area contributed by atoms with Crippen LogP contribution < -0.4 is 14.9 Å². The van der Waals surface area contributed by atoms with Crippen LogP contribution in [-0.4, -0.2) is 25.3 Å². The molecular weight excluding hydrogens is 476 g/mol. The van der Waals surface area contributed by atoms with Gasteiger partial charge in [-0.25, -0.2) is 5.43 Å². The largest absolute Gasteiger partial charge is 0.493 e. The molecule has 27 heavy (non-hydrogen) atoms. The van der Waals surface area contributed by atoms with Crippen molar-refractivity contribution >= 4 is 44.0 Å². The maximum Gasteiger partial charge on any atom is 0.240 e. The fraction of sp³-hybridized carbons (Fsp3) is 0.300. The van der Waals surface area contributed by atoms with Gasteiger partial charge in [0.2, 0.25) is 5.91 Å². The number of halogens is 2. The van der Waals surface area contributed by atoms with E-state index in [9.17, 15) is 4.79 Å². The number of hydrogen-bond acceptors (Lipinski definition) is 4. The van der Waals surface area contributed by atoms with Gasteiger partial charge in [0, 0.05) is 16.5 Å². The minimum absolute atomic E-state index is 0.161. The lowest BCUT2D eigenvalue weighted by Crippen LogP contribution is -2.18. The third-order valence-corrected chi connectivity index (χ3v) is 4.67. The molecule has 0 aliphatic carbocycles. The summed E-state index contributed by atoms with van der Waals surface area (Å²) in [5.74, 6) is 1.33. The summed E-state index contributed by atoms with van der Waals surface area (Å²) in [6.45, 7) is 4.96. The number of benzene rings is 2. The van der Waals surface area contributed by atoms with Gasteiger partial charge < -0.3 is 9.47 Å². The lowest BCUT2D eigenvalue weighted by atomic mass is 10.2. The Balaban J connectivity index is 1.76. The Morgan fingerprint density at radius 3 is 2.67 bits per heavy atom. The van der Waals surface area contributed by atoms with Crippen molar-refractivity contribution in [3.05, 3.63) is 56.5 Å². The van der Waals surface area contributed by atoms with Gasteiger partial charge in [0.15, 0.2) is 0 Å². The highest BCUT2D eigenvalue weighted by Crippen LogP contribution is 2.26. The van der Waals surface area contributed by atoms with E-state index in [0.717, 1.165) is 31.6 Å². The van der Waals surface area contributed by atoms with Crippen LogP contribution in [0.3, 0.4) is 0 Å². The maximum absolute atomic E-state index is 11.9. The molecule has 0 radical (unpaired) electrons. The Kier molecular flexibility index (Phi) is 8.81. The van der Waals surface area contributed by atoms with Crippen LogP contribution in [0.2, 0.25) is 0 Å². The van der Waals surface area contributed by atoms with Gasteiger partial charge in [-0.1, -0.05) is 22.0 Å². The molecule has 1 amide bonds. The molecule has 0 bridgehead atoms. The van der Waals surface area contributed by atoms with E-state index in [0.29, 0.717) is 26.1 Å². The average Bonchev–Trinajstić information content (AvgIpc) is 2.62. The Morgan fingerprint density at radius 1 is 1.15 bits per heavy atom. The number of hydrogen-bond donors (Lipinski definition) is 1. The zero-order chi connectivity index (χ0) is 19.6. The van der Waals surface area contributed by atoms with Crippen LogP contribution in [0.4, 0.5) is 0 Å². The van der Waals surface area contributed by atoms with E-state index in [2.05, 4.69) is 42.4 Å². The number of carbonyl (C=O) groups excluding carboxylic acids is 1. The predicted molar refractivity (Wildman–Crippen MR) is 115 cm³/mol. The molecule has 2 rings (SSSR count). The fourth-order valence-corrected chi connectivity index (χ4v) is 3.26. The van der Waals surface area contributed by atoms with Crippen molar-refractivity contribution in [2.45, 2.75) is 26.7 Å². The Bertz CT molecular complexity index is 810. The molecule has 0 saturated heterocycles. The Labute approximate surface area is 176 Å². The number of aryl methyl sites for hydroxylation is 1. The number of carbonyl (C=O) groups is 1. The van der Waals surface area contributed by atoms with Gasteiger partial charge in [0.1, 0.15) is 11.5 Å². The van der Waals surface area contributed by atoms with E-state index < -0.39 is 0 Å². The molecule has 0 spiro atoms. The summed E-state index contributed by atoms with van der Waals surface area (Å²) in [6, 6.07) is 11.5. The first-order chi connectivity index (χ1) is 13.0. The third-order valence-electron chi connectivity index (χ3n) is 3.56. The molecule has 2 aromatic carbocycles. The molecule has 0 aliphatic rings. The zero-order valence-electron chi connectivity index (χ0n) is 15.3. The molecule has 0 aromatic heterocycles. The van der Waals surface area contributed by atoms with Crippen LogP contribution >= 0.6 is 31.9 Å². The third kappa shape index (κ3) is 7.34. The normalized spacial score (nSPS) is 10.8. The predicted octanol–water partition coefficient (Wildman–Crippen LogP) is 5.23. The Hall–Kier alpha value is -1.86. The molecule has 0 saturated carbocycles. The molecule has 0 unspecified atom stereocenters. The zero-order valence-corrected chi connectivity index (χ0v) is 18.5. The van der Waals surface area contributed by atoms with Gasteiger partial charge in [0.05, 0.1) is 23.9 Å². The van der Waals surface area contributed by atoms with Gasteiger partial charge in [-0.05, 0) is 72.1 Å². The molecule has 0 heterocycles. The molecule has 5 nitrogen and oxygen atoms in total. The van der Waals surface area contributed by atoms with E-state index in [1.54, 1.807) is 6.21 Å². The van der Waals surface area contributed by atoms with E-state index in [1.165, 1.54) is 0 Å². The second kappa shape index (κ2) is 11.1. The topological polar surface area (TPSA) is 59.9 Å². The van der Waals surface area contributed by atoms with Gasteiger partial charge in [0.25, 0.3) is 0 Å². The highest BCUT2D eigenvalue weighted by atomic mass is 79.9. The summed E-state index contributed by atoms with van der Waals surface area (Å²) in [4.78, 5) is 11.9. The van der Waals surface area contributed by atoms with Crippen molar-refractivity contribution in [2.24, 2.45) is 5.10 Å². The molecule has 2 aromatic rings. The van der Waals surface area contributed by atoms with E-state index >= 15 is 0 Å². The maximum atomic E-state index is 11.9. The first-order valence-corrected chi connectivity index (χ1v) is 10.2. The first kappa shape index (κ1) is 21.4. The van der Waals surface area contributed by atoms with Crippen LogP contribution in [-0.2, 0) is 4.79 Å². The van der Waals surface area contributed by atoms with Crippen LogP contribution in [0, 0.1) is 6.92 Å². The van der Waals surface area contributed by atoms with Crippen LogP contribution in [0.25, 0.3) is 0 Å². The number of amides is 1. The fourth-order valence-electron chi connectivity index (χ4n) is 2.27. The number of nitrogens with one attached hydrogen (secondary N) is 1. The minimum atomic E-state index is -0.161. The first-order valence-electron chi connectivity index (χ1n) is 8.62. The smallest absolute Gasteiger partial charge is 0.240 e. The second-order valence-corrected chi connectivity index (χ2v) is 7.56. The van der Waals surface area contributed by atoms with Crippen LogP contribution in [0.1, 0.15) is 30.9 Å². The van der Waals surface area contributed by atoms with Gasteiger partial charge >= 0.3 is 0 Å². The summed E-state index contributed by atoms with van der Waals surface area (Å²) in [7, 11) is 0. The summed E-state index contributed by atoms with van der Waals surface area (Å²) in [6.07, 6.45) is 2.51. The number of hydrazone groups is 1. The summed E-state index contributed by atoms with van der Waals surface area (Å²) in [5.41, 5.74) is 4.48. The van der Waals surface area contributed by atoms with Crippen molar-refractivity contribution in [3.63, 3.8) is 0 Å². The lowest BCUT2D eigenvalue weighted by molar-refractivity contribution is -0.121. The van der Waals surface area contributed by atoms with Crippen molar-refractivity contribution in [3.8, 4) is 11.5 Å². The van der Waals surface area contributed by atoms with Crippen molar-refractivity contribution < 1.29 is 14.3 Å². The molecule has 0 fully saturated rings. The van der Waals surface area contributed by atoms with Crippen LogP contribution in [0.15, 0.2) is 50.4 Å². The highest BCUT2D eigenvalue weighted by molar-refractivity contribution is 9.10. The van der Waals surface area contributed by atoms with Gasteiger partial charge in [-0.2, -0.15) is 5.10 Å². The van der Waals surface area contributed by atoms with Crippen LogP contribution in [0.5, 0.6) is 11.5 Å². The number of ether oxygens (including phenoxy) is 2. The monoisotopic (exact) mass is 496 g/mol. The molecule has 1 N–H and O–H groups in total. The van der Waals surface area contributed by atoms with Crippen molar-refractivity contribution in [1.29, 1.82) is 0 Å². The minimum Gasteiger partial charge on any atom is -0.493 e. The molecule has 0 atom stereocenters. The SMILES string of the molecule is CCOc1ccc(Br)cc1/C=N/NC(=O)CCCOc1ccc(C)cc1Br. The van der Waals surface area contributed by atoms with E-state index in [1.807, 2.05) is 50.2 Å². The number of nitrogens with zero attached hydrogens (tertiary/aromatic N) is 1. The van der Waals surface area contributed by atoms with Crippen molar-refractivity contribution in [1.82, 2.24) is 5.43 Å². The molecule has 7 heteroatoms. The lowest BCUT2D eigenvalue weighted by Gasteiger charge is -2.08. The summed E-state index contributed by atoms with van der Waals surface area (Å²) < 4.78 is 13.1. The second-order valence-electron chi connectivity index (χ2n) is 5.79. The van der Waals surface area contributed by atoms with Crippen molar-refractivity contribution in [2.75, 3.05) is 13.2 Å². The Morgan fingerprint density at radius 2 is 1.93 bits per heavy atom. The van der Waals surface area contributed by atoms with Gasteiger partial charge in [-0.15, -0.1) is 0 Å². The standard InChI is InChI=1S/C20H22Br2N2O3/c1-3-26-18-9-7-16(21)12-15(18)13-23-24-20(25)5-4-10-27-19-8-6-14(2)11-17(19)22/h6-9,11-13H,3-5,10H2,1-2H3,(H,24,25)/b23-13+. The summed E-state index contributed by atoms with van der Waals surface area (Å²) in [5, 5.41) is 4.01. The summed E-state index contributed by atoms with van der Waals surface area (Å²) >= 11 is 6.89. The molecular formula is C20H22Br2N2O3. The molecule has 0 aliphatic heterocycles. The molecule has 144 valence electrons. The van der Waals surface area contributed by atoms with Gasteiger partial charge in [-0.3, -0.25) is 4.79 Å².